The van der Waals surface area contributed by atoms with Gasteiger partial charge in [0.05, 0.1) is 11.1 Å². The minimum Gasteiger partial charge on any atom is -0.470 e. The van der Waals surface area contributed by atoms with E-state index >= 15 is 0 Å². The Kier molecular flexibility index (Phi) is 6.74. The number of pyridine rings is 1. The van der Waals surface area contributed by atoms with Gasteiger partial charge in [-0.05, 0) is 50.8 Å². The molecule has 1 unspecified atom stereocenters. The van der Waals surface area contributed by atoms with Crippen molar-refractivity contribution in [2.24, 2.45) is 0 Å². The van der Waals surface area contributed by atoms with Crippen molar-refractivity contribution in [2.45, 2.75) is 31.7 Å². The molecule has 0 saturated carbocycles. The molecule has 2 rings (SSSR count). The van der Waals surface area contributed by atoms with Crippen LogP contribution in [-0.4, -0.2) is 39.8 Å². The zero-order valence-corrected chi connectivity index (χ0v) is 16.6. The standard InChI is InChI=1S/C21H22N2O3S/c1-6-15-11-16-12-17(10-14(2)18(16)22-13-15)26-20(27-5)19(25)23-21(3,4)8-7-9-24/h1,10-13,20,24H,9H2,2-5H3,(H,23,25). The number of thioether (sulfide) groups is 1. The summed E-state index contributed by atoms with van der Waals surface area (Å²) >= 11 is 1.28. The highest BCUT2D eigenvalue weighted by molar-refractivity contribution is 7.99. The van der Waals surface area contributed by atoms with Gasteiger partial charge in [-0.1, -0.05) is 17.8 Å². The molecule has 1 amide bonds. The molecule has 0 fully saturated rings. The van der Waals surface area contributed by atoms with Gasteiger partial charge < -0.3 is 15.2 Å². The molecule has 0 aliphatic rings. The molecule has 2 aromatic rings. The number of ether oxygens (including phenoxy) is 1. The lowest BCUT2D eigenvalue weighted by atomic mass is 10.1. The number of carbonyl (C=O) groups excluding carboxylic acids is 1. The number of aliphatic hydroxyl groups excluding tert-OH is 1. The lowest BCUT2D eigenvalue weighted by Crippen LogP contribution is -2.47. The number of hydrogen-bond donors (Lipinski definition) is 2. The molecule has 1 heterocycles. The second kappa shape index (κ2) is 8.81. The van der Waals surface area contributed by atoms with Gasteiger partial charge in [0.15, 0.2) is 0 Å². The summed E-state index contributed by atoms with van der Waals surface area (Å²) in [4.78, 5) is 17.0. The number of amides is 1. The Morgan fingerprint density at radius 3 is 2.81 bits per heavy atom. The van der Waals surface area contributed by atoms with Gasteiger partial charge >= 0.3 is 0 Å². The Labute approximate surface area is 163 Å². The number of nitrogens with one attached hydrogen (secondary N) is 1. The predicted octanol–water partition coefficient (Wildman–Crippen LogP) is 2.48. The number of terminal acetylenes is 1. The summed E-state index contributed by atoms with van der Waals surface area (Å²) in [6.07, 6.45) is 8.90. The van der Waals surface area contributed by atoms with Gasteiger partial charge in [-0.15, -0.1) is 18.2 Å². The highest BCUT2D eigenvalue weighted by Crippen LogP contribution is 2.26. The summed E-state index contributed by atoms with van der Waals surface area (Å²) in [5.74, 6) is 8.19. The molecule has 140 valence electrons. The van der Waals surface area contributed by atoms with E-state index < -0.39 is 11.0 Å². The van der Waals surface area contributed by atoms with Crippen LogP contribution in [0.5, 0.6) is 5.75 Å². The monoisotopic (exact) mass is 382 g/mol. The van der Waals surface area contributed by atoms with Gasteiger partial charge in [0.2, 0.25) is 5.44 Å². The maximum absolute atomic E-state index is 12.6. The number of rotatable bonds is 5. The van der Waals surface area contributed by atoms with Gasteiger partial charge in [0.25, 0.3) is 5.91 Å². The first-order valence-corrected chi connectivity index (χ1v) is 9.58. The second-order valence-electron chi connectivity index (χ2n) is 6.44. The van der Waals surface area contributed by atoms with Crippen LogP contribution < -0.4 is 10.1 Å². The number of nitrogens with zero attached hydrogens (tertiary/aromatic N) is 1. The van der Waals surface area contributed by atoms with E-state index in [1.807, 2.05) is 25.1 Å². The van der Waals surface area contributed by atoms with Crippen LogP contribution in [0.4, 0.5) is 0 Å². The Hall–Kier alpha value is -2.67. The fourth-order valence-electron chi connectivity index (χ4n) is 2.54. The van der Waals surface area contributed by atoms with Crippen LogP contribution in [-0.2, 0) is 4.79 Å². The van der Waals surface area contributed by atoms with Crippen LogP contribution in [0.2, 0.25) is 0 Å². The Balaban J connectivity index is 2.25. The first-order valence-electron chi connectivity index (χ1n) is 8.29. The molecule has 6 heteroatoms. The molecule has 0 saturated heterocycles. The molecule has 27 heavy (non-hydrogen) atoms. The molecule has 2 N–H and O–H groups in total. The van der Waals surface area contributed by atoms with Crippen LogP contribution in [0.3, 0.4) is 0 Å². The van der Waals surface area contributed by atoms with E-state index in [2.05, 4.69) is 28.1 Å². The van der Waals surface area contributed by atoms with Gasteiger partial charge in [-0.2, -0.15) is 0 Å². The van der Waals surface area contributed by atoms with E-state index in [9.17, 15) is 4.79 Å². The van der Waals surface area contributed by atoms with Crippen molar-refractivity contribution in [3.05, 3.63) is 35.5 Å². The van der Waals surface area contributed by atoms with Gasteiger partial charge in [-0.3, -0.25) is 9.78 Å². The lowest BCUT2D eigenvalue weighted by molar-refractivity contribution is -0.125. The van der Waals surface area contributed by atoms with Crippen molar-refractivity contribution in [1.29, 1.82) is 0 Å². The predicted molar refractivity (Wildman–Crippen MR) is 109 cm³/mol. The molecule has 0 aliphatic heterocycles. The third-order valence-electron chi connectivity index (χ3n) is 3.70. The summed E-state index contributed by atoms with van der Waals surface area (Å²) in [5, 5.41) is 12.5. The quantitative estimate of drug-likeness (QED) is 0.614. The molecule has 0 spiro atoms. The maximum Gasteiger partial charge on any atom is 0.272 e. The largest absolute Gasteiger partial charge is 0.470 e. The van der Waals surface area contributed by atoms with Crippen LogP contribution >= 0.6 is 11.8 Å². The van der Waals surface area contributed by atoms with E-state index in [1.54, 1.807) is 26.3 Å². The van der Waals surface area contributed by atoms with E-state index in [0.29, 0.717) is 11.3 Å². The topological polar surface area (TPSA) is 71.5 Å². The summed E-state index contributed by atoms with van der Waals surface area (Å²) in [6.45, 7) is 5.20. The number of aryl methyl sites for hydroxylation is 1. The van der Waals surface area contributed by atoms with Crippen molar-refractivity contribution in [3.63, 3.8) is 0 Å². The van der Waals surface area contributed by atoms with Crippen LogP contribution in [0, 0.1) is 31.1 Å². The van der Waals surface area contributed by atoms with Crippen LogP contribution in [0.15, 0.2) is 24.4 Å². The van der Waals surface area contributed by atoms with Gasteiger partial charge in [0, 0.05) is 17.1 Å². The number of fused-ring (bicyclic) bond motifs is 1. The van der Waals surface area contributed by atoms with Gasteiger partial charge in [0.1, 0.15) is 12.4 Å². The summed E-state index contributed by atoms with van der Waals surface area (Å²) in [7, 11) is 0. The molecule has 5 nitrogen and oxygen atoms in total. The Morgan fingerprint density at radius 1 is 1.44 bits per heavy atom. The molecular weight excluding hydrogens is 360 g/mol. The average molecular weight is 382 g/mol. The number of aliphatic hydroxyl groups is 1. The third kappa shape index (κ3) is 5.40. The third-order valence-corrected chi connectivity index (χ3v) is 4.44. The molecule has 1 atom stereocenters. The van der Waals surface area contributed by atoms with Crippen molar-refractivity contribution in [3.8, 4) is 29.9 Å². The van der Waals surface area contributed by atoms with Crippen molar-refractivity contribution in [1.82, 2.24) is 10.3 Å². The van der Waals surface area contributed by atoms with Crippen LogP contribution in [0.1, 0.15) is 25.0 Å². The Morgan fingerprint density at radius 2 is 2.19 bits per heavy atom. The second-order valence-corrected chi connectivity index (χ2v) is 7.34. The average Bonchev–Trinajstić information content (AvgIpc) is 2.63. The van der Waals surface area contributed by atoms with E-state index in [0.717, 1.165) is 16.5 Å². The molecular formula is C21H22N2O3S. The SMILES string of the molecule is C#Cc1cnc2c(C)cc(OC(SC)C(=O)NC(C)(C)C#CCO)cc2c1. The number of aromatic nitrogens is 1. The molecule has 0 radical (unpaired) electrons. The zero-order chi connectivity index (χ0) is 20.0. The highest BCUT2D eigenvalue weighted by atomic mass is 32.2. The first-order chi connectivity index (χ1) is 12.8. The normalized spacial score (nSPS) is 11.9. The van der Waals surface area contributed by atoms with E-state index in [1.165, 1.54) is 11.8 Å². The van der Waals surface area contributed by atoms with Crippen molar-refractivity contribution in [2.75, 3.05) is 12.9 Å². The highest BCUT2D eigenvalue weighted by Gasteiger charge is 2.25. The molecule has 1 aromatic carbocycles. The van der Waals surface area contributed by atoms with E-state index in [-0.39, 0.29) is 12.5 Å². The van der Waals surface area contributed by atoms with Crippen molar-refractivity contribution >= 4 is 28.6 Å². The fourth-order valence-corrected chi connectivity index (χ4v) is 3.02. The van der Waals surface area contributed by atoms with Gasteiger partial charge in [-0.25, -0.2) is 0 Å². The Bertz CT molecular complexity index is 952. The number of hydrogen-bond acceptors (Lipinski definition) is 5. The van der Waals surface area contributed by atoms with E-state index in [4.69, 9.17) is 16.3 Å². The minimum absolute atomic E-state index is 0.258. The minimum atomic E-state index is -0.776. The summed E-state index contributed by atoms with van der Waals surface area (Å²) < 4.78 is 5.91. The number of benzene rings is 1. The summed E-state index contributed by atoms with van der Waals surface area (Å²) in [5.41, 5.74) is 0.929. The molecule has 0 bridgehead atoms. The number of carbonyl (C=O) groups is 1. The summed E-state index contributed by atoms with van der Waals surface area (Å²) in [6, 6.07) is 5.53. The smallest absolute Gasteiger partial charge is 0.272 e. The molecule has 1 aromatic heterocycles. The first kappa shape index (κ1) is 20.6. The zero-order valence-electron chi connectivity index (χ0n) is 15.8. The lowest BCUT2D eigenvalue weighted by Gasteiger charge is -2.24. The maximum atomic E-state index is 12.6. The van der Waals surface area contributed by atoms with Crippen LogP contribution in [0.25, 0.3) is 10.9 Å². The molecule has 0 aliphatic carbocycles. The van der Waals surface area contributed by atoms with Crippen molar-refractivity contribution < 1.29 is 14.6 Å². The fraction of sp³-hybridized carbons (Fsp3) is 0.333.